The Morgan fingerprint density at radius 3 is 2.58 bits per heavy atom. The van der Waals surface area contributed by atoms with Crippen LogP contribution < -0.4 is 0 Å². The fourth-order valence-corrected chi connectivity index (χ4v) is 2.41. The highest BCUT2D eigenvalue weighted by atomic mass is 79.9. The number of hydrogen-bond acceptors (Lipinski definition) is 3. The zero-order chi connectivity index (χ0) is 13.6. The summed E-state index contributed by atoms with van der Waals surface area (Å²) in [4.78, 5) is 15.1. The Bertz CT molecular complexity index is 776. The Labute approximate surface area is 116 Å². The van der Waals surface area contributed by atoms with Gasteiger partial charge in [-0.2, -0.15) is 4.52 Å². The fourth-order valence-electron chi connectivity index (χ4n) is 1.92. The second-order valence-electron chi connectivity index (χ2n) is 4.02. The molecule has 0 saturated carbocycles. The van der Waals surface area contributed by atoms with Crippen LogP contribution in [0.15, 0.2) is 34.9 Å². The van der Waals surface area contributed by atoms with Crippen molar-refractivity contribution in [3.63, 3.8) is 0 Å². The van der Waals surface area contributed by atoms with Gasteiger partial charge in [0, 0.05) is 12.6 Å². The van der Waals surface area contributed by atoms with Crippen LogP contribution in [0.3, 0.4) is 0 Å². The number of rotatable bonds is 2. The number of nitrogens with zero attached hydrogens (tertiary/aromatic N) is 4. The van der Waals surface area contributed by atoms with E-state index < -0.39 is 5.97 Å². The first-order valence-corrected chi connectivity index (χ1v) is 6.28. The number of aryl methyl sites for hydroxylation is 1. The lowest BCUT2D eigenvalue weighted by molar-refractivity contribution is 0.0690. The maximum Gasteiger partial charge on any atom is 0.357 e. The SMILES string of the molecule is Cn1c(-c2ccccc2)nn2c(Br)c(C(=O)O)nc12. The van der Waals surface area contributed by atoms with E-state index in [0.29, 0.717) is 10.4 Å². The van der Waals surface area contributed by atoms with Gasteiger partial charge in [-0.25, -0.2) is 9.78 Å². The number of carboxylic acid groups (broad SMARTS) is 1. The number of aromatic nitrogens is 4. The third kappa shape index (κ3) is 1.74. The van der Waals surface area contributed by atoms with E-state index in [1.165, 1.54) is 4.52 Å². The molecule has 2 heterocycles. The lowest BCUT2D eigenvalue weighted by atomic mass is 10.2. The van der Waals surface area contributed by atoms with E-state index in [4.69, 9.17) is 5.11 Å². The number of carboxylic acids is 1. The minimum absolute atomic E-state index is 0.0438. The molecule has 1 N–H and O–H groups in total. The molecule has 0 radical (unpaired) electrons. The van der Waals surface area contributed by atoms with Crippen LogP contribution in [-0.4, -0.2) is 30.2 Å². The van der Waals surface area contributed by atoms with Gasteiger partial charge in [-0.3, -0.25) is 4.57 Å². The highest BCUT2D eigenvalue weighted by Crippen LogP contribution is 2.23. The molecular formula is C12H9BrN4O2. The molecule has 0 amide bonds. The first-order valence-electron chi connectivity index (χ1n) is 5.49. The second kappa shape index (κ2) is 4.20. The molecule has 1 aromatic carbocycles. The van der Waals surface area contributed by atoms with E-state index >= 15 is 0 Å². The first kappa shape index (κ1) is 11.9. The Morgan fingerprint density at radius 1 is 1.32 bits per heavy atom. The van der Waals surface area contributed by atoms with Gasteiger partial charge in [0.15, 0.2) is 11.5 Å². The van der Waals surface area contributed by atoms with Crippen LogP contribution in [0.4, 0.5) is 0 Å². The molecule has 3 aromatic rings. The van der Waals surface area contributed by atoms with Crippen molar-refractivity contribution in [2.45, 2.75) is 0 Å². The van der Waals surface area contributed by atoms with Gasteiger partial charge in [0.05, 0.1) is 0 Å². The number of carbonyl (C=O) groups is 1. The van der Waals surface area contributed by atoms with Crippen molar-refractivity contribution in [2.24, 2.45) is 7.05 Å². The molecule has 19 heavy (non-hydrogen) atoms. The monoisotopic (exact) mass is 320 g/mol. The van der Waals surface area contributed by atoms with E-state index in [1.807, 2.05) is 30.3 Å². The summed E-state index contributed by atoms with van der Waals surface area (Å²) in [6.07, 6.45) is 0. The van der Waals surface area contributed by atoms with Crippen molar-refractivity contribution in [3.8, 4) is 11.4 Å². The topological polar surface area (TPSA) is 72.4 Å². The quantitative estimate of drug-likeness (QED) is 0.785. The Hall–Kier alpha value is -2.15. The van der Waals surface area contributed by atoms with E-state index in [-0.39, 0.29) is 5.69 Å². The fraction of sp³-hybridized carbons (Fsp3) is 0.0833. The second-order valence-corrected chi connectivity index (χ2v) is 4.77. The van der Waals surface area contributed by atoms with E-state index in [0.717, 1.165) is 11.4 Å². The highest BCUT2D eigenvalue weighted by Gasteiger charge is 2.21. The molecule has 0 atom stereocenters. The van der Waals surface area contributed by atoms with Gasteiger partial charge >= 0.3 is 5.97 Å². The molecule has 0 unspecified atom stereocenters. The van der Waals surface area contributed by atoms with Gasteiger partial charge < -0.3 is 5.11 Å². The van der Waals surface area contributed by atoms with Gasteiger partial charge in [0.2, 0.25) is 5.78 Å². The van der Waals surface area contributed by atoms with Gasteiger partial charge in [0.25, 0.3) is 0 Å². The van der Waals surface area contributed by atoms with E-state index in [9.17, 15) is 4.79 Å². The molecule has 0 aliphatic rings. The molecule has 7 heteroatoms. The van der Waals surface area contributed by atoms with Crippen LogP contribution in [-0.2, 0) is 7.05 Å². The molecule has 0 bridgehead atoms. The van der Waals surface area contributed by atoms with Crippen LogP contribution in [0, 0.1) is 0 Å². The highest BCUT2D eigenvalue weighted by molar-refractivity contribution is 9.10. The number of halogens is 1. The molecule has 6 nitrogen and oxygen atoms in total. The zero-order valence-corrected chi connectivity index (χ0v) is 11.5. The summed E-state index contributed by atoms with van der Waals surface area (Å²) in [5.41, 5.74) is 0.900. The third-order valence-corrected chi connectivity index (χ3v) is 3.54. The van der Waals surface area contributed by atoms with Crippen LogP contribution >= 0.6 is 15.9 Å². The summed E-state index contributed by atoms with van der Waals surface area (Å²) in [5.74, 6) is 0.113. The summed E-state index contributed by atoms with van der Waals surface area (Å²) < 4.78 is 3.57. The summed E-state index contributed by atoms with van der Waals surface area (Å²) in [6, 6.07) is 9.65. The average Bonchev–Trinajstić information content (AvgIpc) is 2.90. The number of hydrogen-bond donors (Lipinski definition) is 1. The Morgan fingerprint density at radius 2 is 2.00 bits per heavy atom. The zero-order valence-electron chi connectivity index (χ0n) is 9.91. The molecular weight excluding hydrogens is 312 g/mol. The lowest BCUT2D eigenvalue weighted by Crippen LogP contribution is -2.00. The summed E-state index contributed by atoms with van der Waals surface area (Å²) in [5, 5.41) is 13.4. The van der Waals surface area contributed by atoms with E-state index in [1.54, 1.807) is 11.6 Å². The molecule has 0 fully saturated rings. The molecule has 0 aliphatic carbocycles. The van der Waals surface area contributed by atoms with Crippen LogP contribution in [0.5, 0.6) is 0 Å². The summed E-state index contributed by atoms with van der Waals surface area (Å²) in [6.45, 7) is 0. The predicted molar refractivity (Wildman–Crippen MR) is 72.1 cm³/mol. The summed E-state index contributed by atoms with van der Waals surface area (Å²) in [7, 11) is 1.80. The maximum absolute atomic E-state index is 11.0. The van der Waals surface area contributed by atoms with Crippen LogP contribution in [0.25, 0.3) is 17.2 Å². The standard InChI is InChI=1S/C12H9BrN4O2/c1-16-10(7-5-3-2-4-6-7)15-17-9(13)8(11(18)19)14-12(16)17/h2-6H,1H3,(H,18,19). The van der Waals surface area contributed by atoms with Crippen molar-refractivity contribution in [1.29, 1.82) is 0 Å². The molecule has 0 saturated heterocycles. The van der Waals surface area contributed by atoms with Crippen LogP contribution in [0.1, 0.15) is 10.5 Å². The van der Waals surface area contributed by atoms with Crippen molar-refractivity contribution in [3.05, 3.63) is 40.6 Å². The number of fused-ring (bicyclic) bond motifs is 1. The van der Waals surface area contributed by atoms with Gasteiger partial charge in [0.1, 0.15) is 4.60 Å². The molecule has 0 aliphatic heterocycles. The Balaban J connectivity index is 2.26. The molecule has 0 spiro atoms. The maximum atomic E-state index is 11.0. The lowest BCUT2D eigenvalue weighted by Gasteiger charge is -1.99. The average molecular weight is 321 g/mol. The number of benzene rings is 1. The predicted octanol–water partition coefficient (Wildman–Crippen LogP) is 2.20. The minimum Gasteiger partial charge on any atom is -0.476 e. The van der Waals surface area contributed by atoms with Crippen LogP contribution in [0.2, 0.25) is 0 Å². The molecule has 3 rings (SSSR count). The molecule has 96 valence electrons. The Kier molecular flexibility index (Phi) is 2.63. The summed E-state index contributed by atoms with van der Waals surface area (Å²) >= 11 is 3.22. The van der Waals surface area contributed by atoms with Gasteiger partial charge in [-0.05, 0) is 15.9 Å². The van der Waals surface area contributed by atoms with Crippen molar-refractivity contribution < 1.29 is 9.90 Å². The van der Waals surface area contributed by atoms with E-state index in [2.05, 4.69) is 26.0 Å². The normalized spacial score (nSPS) is 11.1. The van der Waals surface area contributed by atoms with Crippen molar-refractivity contribution in [2.75, 3.05) is 0 Å². The van der Waals surface area contributed by atoms with Crippen molar-refractivity contribution in [1.82, 2.24) is 19.2 Å². The van der Waals surface area contributed by atoms with Crippen molar-refractivity contribution >= 4 is 27.7 Å². The number of aromatic carboxylic acids is 1. The smallest absolute Gasteiger partial charge is 0.357 e. The third-order valence-electron chi connectivity index (χ3n) is 2.83. The van der Waals surface area contributed by atoms with Gasteiger partial charge in [-0.15, -0.1) is 5.10 Å². The number of imidazole rings is 1. The van der Waals surface area contributed by atoms with Gasteiger partial charge in [-0.1, -0.05) is 30.3 Å². The molecule has 2 aromatic heterocycles. The largest absolute Gasteiger partial charge is 0.476 e. The minimum atomic E-state index is -1.08. The first-order chi connectivity index (χ1) is 9.09.